The number of thiophene rings is 1. The Kier molecular flexibility index (Phi) is 4.47. The first-order valence-corrected chi connectivity index (χ1v) is 7.51. The maximum Gasteiger partial charge on any atom is 0.0931 e. The van der Waals surface area contributed by atoms with E-state index in [1.165, 1.54) is 4.88 Å². The van der Waals surface area contributed by atoms with E-state index in [4.69, 9.17) is 17.3 Å². The zero-order valence-corrected chi connectivity index (χ0v) is 12.1. The Morgan fingerprint density at radius 2 is 2.24 bits per heavy atom. The summed E-state index contributed by atoms with van der Waals surface area (Å²) in [5.74, 6) is 0.593. The highest BCUT2D eigenvalue weighted by Crippen LogP contribution is 2.25. The fourth-order valence-electron chi connectivity index (χ4n) is 2.53. The number of likely N-dealkylation sites (tertiary alicyclic amines) is 1. The summed E-state index contributed by atoms with van der Waals surface area (Å²) in [6, 6.07) is 5.09. The predicted molar refractivity (Wildman–Crippen MR) is 75.8 cm³/mol. The van der Waals surface area contributed by atoms with E-state index in [9.17, 15) is 0 Å². The molecule has 0 aliphatic carbocycles. The molecule has 0 spiro atoms. The second-order valence-corrected chi connectivity index (χ2v) is 6.84. The number of nitrogens with two attached hydrogens (primary N) is 1. The molecule has 1 saturated heterocycles. The maximum atomic E-state index is 6.10. The van der Waals surface area contributed by atoms with E-state index < -0.39 is 0 Å². The average Bonchev–Trinajstić information content (AvgIpc) is 2.71. The van der Waals surface area contributed by atoms with Crippen molar-refractivity contribution in [2.75, 3.05) is 13.1 Å². The first-order chi connectivity index (χ1) is 8.08. The van der Waals surface area contributed by atoms with Crippen molar-refractivity contribution in [1.29, 1.82) is 0 Å². The second-order valence-electron chi connectivity index (χ2n) is 5.04. The van der Waals surface area contributed by atoms with Gasteiger partial charge >= 0.3 is 0 Å². The molecule has 3 atom stereocenters. The van der Waals surface area contributed by atoms with Gasteiger partial charge in [0.1, 0.15) is 0 Å². The smallest absolute Gasteiger partial charge is 0.0931 e. The molecule has 0 bridgehead atoms. The van der Waals surface area contributed by atoms with Gasteiger partial charge in [-0.3, -0.25) is 4.90 Å². The fraction of sp³-hybridized carbons (Fsp3) is 0.692. The maximum absolute atomic E-state index is 6.10. The SMILES string of the molecule is CC1C(N)CCN(CCc2ccc(Cl)s2)C1C. The molecule has 2 N–H and O–H groups in total. The first kappa shape index (κ1) is 13.3. The van der Waals surface area contributed by atoms with Crippen molar-refractivity contribution in [2.24, 2.45) is 11.7 Å². The Balaban J connectivity index is 1.87. The summed E-state index contributed by atoms with van der Waals surface area (Å²) in [5, 5.41) is 0. The standard InChI is InChI=1S/C13H21ClN2S/c1-9-10(2)16(8-6-12(9)15)7-5-11-3-4-13(14)17-11/h3-4,9-10,12H,5-8,15H2,1-2H3. The summed E-state index contributed by atoms with van der Waals surface area (Å²) in [4.78, 5) is 3.94. The van der Waals surface area contributed by atoms with Crippen LogP contribution in [-0.2, 0) is 6.42 Å². The van der Waals surface area contributed by atoms with Crippen LogP contribution in [0, 0.1) is 5.92 Å². The van der Waals surface area contributed by atoms with Gasteiger partial charge in [-0.05, 0) is 44.4 Å². The molecule has 0 aromatic carbocycles. The number of nitrogens with zero attached hydrogens (tertiary/aromatic N) is 1. The third-order valence-electron chi connectivity index (χ3n) is 4.04. The number of rotatable bonds is 3. The minimum atomic E-state index is 0.373. The van der Waals surface area contributed by atoms with Gasteiger partial charge in [-0.15, -0.1) is 11.3 Å². The molecule has 2 rings (SSSR count). The minimum Gasteiger partial charge on any atom is -0.327 e. The highest BCUT2D eigenvalue weighted by molar-refractivity contribution is 7.16. The Bertz CT molecular complexity index is 366. The van der Waals surface area contributed by atoms with Crippen LogP contribution in [0.5, 0.6) is 0 Å². The number of halogens is 1. The highest BCUT2D eigenvalue weighted by atomic mass is 35.5. The molecule has 3 unspecified atom stereocenters. The third-order valence-corrected chi connectivity index (χ3v) is 5.33. The molecule has 96 valence electrons. The average molecular weight is 273 g/mol. The van der Waals surface area contributed by atoms with Gasteiger partial charge in [0, 0.05) is 23.5 Å². The summed E-state index contributed by atoms with van der Waals surface area (Å²) < 4.78 is 0.891. The Morgan fingerprint density at radius 3 is 2.88 bits per heavy atom. The third kappa shape index (κ3) is 3.22. The van der Waals surface area contributed by atoms with Crippen LogP contribution in [0.3, 0.4) is 0 Å². The van der Waals surface area contributed by atoms with Gasteiger partial charge in [0.25, 0.3) is 0 Å². The van der Waals surface area contributed by atoms with Crippen LogP contribution in [-0.4, -0.2) is 30.1 Å². The summed E-state index contributed by atoms with van der Waals surface area (Å²) in [6.07, 6.45) is 2.22. The van der Waals surface area contributed by atoms with Gasteiger partial charge in [-0.2, -0.15) is 0 Å². The molecule has 1 aliphatic heterocycles. The van der Waals surface area contributed by atoms with Crippen LogP contribution < -0.4 is 5.73 Å². The van der Waals surface area contributed by atoms with E-state index in [-0.39, 0.29) is 0 Å². The molecule has 2 heterocycles. The Morgan fingerprint density at radius 1 is 1.47 bits per heavy atom. The molecule has 0 radical (unpaired) electrons. The molecule has 1 aromatic rings. The molecular weight excluding hydrogens is 252 g/mol. The molecule has 0 amide bonds. The van der Waals surface area contributed by atoms with Gasteiger partial charge in [0.2, 0.25) is 0 Å². The first-order valence-electron chi connectivity index (χ1n) is 6.32. The number of piperidine rings is 1. The van der Waals surface area contributed by atoms with Crippen molar-refractivity contribution in [3.8, 4) is 0 Å². The zero-order valence-electron chi connectivity index (χ0n) is 10.5. The highest BCUT2D eigenvalue weighted by Gasteiger charge is 2.29. The summed E-state index contributed by atoms with van der Waals surface area (Å²) >= 11 is 7.63. The molecule has 0 saturated carbocycles. The molecule has 1 aromatic heterocycles. The van der Waals surface area contributed by atoms with Crippen molar-refractivity contribution < 1.29 is 0 Å². The zero-order chi connectivity index (χ0) is 12.4. The van der Waals surface area contributed by atoms with Gasteiger partial charge in [-0.25, -0.2) is 0 Å². The second kappa shape index (κ2) is 5.70. The molecule has 1 aliphatic rings. The normalized spacial score (nSPS) is 30.7. The van der Waals surface area contributed by atoms with Crippen LogP contribution >= 0.6 is 22.9 Å². The predicted octanol–water partition coefficient (Wildman–Crippen LogP) is 3.00. The van der Waals surface area contributed by atoms with Gasteiger partial charge < -0.3 is 5.73 Å². The van der Waals surface area contributed by atoms with Crippen LogP contribution in [0.4, 0.5) is 0 Å². The summed E-state index contributed by atoms with van der Waals surface area (Å²) in [6.45, 7) is 6.81. The van der Waals surface area contributed by atoms with E-state index in [0.29, 0.717) is 18.0 Å². The molecule has 4 heteroatoms. The largest absolute Gasteiger partial charge is 0.327 e. The monoisotopic (exact) mass is 272 g/mol. The topological polar surface area (TPSA) is 29.3 Å². The van der Waals surface area contributed by atoms with Crippen molar-refractivity contribution in [3.05, 3.63) is 21.3 Å². The Hall–Kier alpha value is -0.0900. The lowest BCUT2D eigenvalue weighted by Gasteiger charge is -2.41. The van der Waals surface area contributed by atoms with Crippen molar-refractivity contribution in [2.45, 2.75) is 38.8 Å². The van der Waals surface area contributed by atoms with Gasteiger partial charge in [0.05, 0.1) is 4.34 Å². The fourth-order valence-corrected chi connectivity index (χ4v) is 3.60. The summed E-state index contributed by atoms with van der Waals surface area (Å²) in [5.41, 5.74) is 6.10. The van der Waals surface area contributed by atoms with Crippen LogP contribution in [0.1, 0.15) is 25.1 Å². The number of hydrogen-bond acceptors (Lipinski definition) is 3. The molecule has 1 fully saturated rings. The van der Waals surface area contributed by atoms with E-state index in [1.54, 1.807) is 11.3 Å². The molecule has 2 nitrogen and oxygen atoms in total. The van der Waals surface area contributed by atoms with Crippen LogP contribution in [0.15, 0.2) is 12.1 Å². The van der Waals surface area contributed by atoms with Gasteiger partial charge in [0.15, 0.2) is 0 Å². The van der Waals surface area contributed by atoms with E-state index >= 15 is 0 Å². The quantitative estimate of drug-likeness (QED) is 0.917. The van der Waals surface area contributed by atoms with Crippen LogP contribution in [0.25, 0.3) is 0 Å². The van der Waals surface area contributed by atoms with E-state index in [0.717, 1.165) is 30.3 Å². The van der Waals surface area contributed by atoms with E-state index in [1.807, 2.05) is 6.07 Å². The summed E-state index contributed by atoms with van der Waals surface area (Å²) in [7, 11) is 0. The van der Waals surface area contributed by atoms with Crippen molar-refractivity contribution in [3.63, 3.8) is 0 Å². The number of hydrogen-bond donors (Lipinski definition) is 1. The molecule has 17 heavy (non-hydrogen) atoms. The molecular formula is C13H21ClN2S. The van der Waals surface area contributed by atoms with Gasteiger partial charge in [-0.1, -0.05) is 18.5 Å². The lowest BCUT2D eigenvalue weighted by Crippen LogP contribution is -2.52. The van der Waals surface area contributed by atoms with Crippen LogP contribution in [0.2, 0.25) is 4.34 Å². The minimum absolute atomic E-state index is 0.373. The Labute approximate surface area is 113 Å². The van der Waals surface area contributed by atoms with Crippen molar-refractivity contribution >= 4 is 22.9 Å². The van der Waals surface area contributed by atoms with Crippen molar-refractivity contribution in [1.82, 2.24) is 4.90 Å². The lowest BCUT2D eigenvalue weighted by molar-refractivity contribution is 0.0995. The lowest BCUT2D eigenvalue weighted by atomic mass is 9.87. The van der Waals surface area contributed by atoms with E-state index in [2.05, 4.69) is 24.8 Å².